The smallest absolute Gasteiger partial charge is 0.0637 e. The summed E-state index contributed by atoms with van der Waals surface area (Å²) in [5.74, 6) is 3.92. The van der Waals surface area contributed by atoms with Crippen molar-refractivity contribution in [3.05, 3.63) is 0 Å². The highest BCUT2D eigenvalue weighted by atomic mass is 16.5. The van der Waals surface area contributed by atoms with E-state index < -0.39 is 0 Å². The predicted molar refractivity (Wildman–Crippen MR) is 219 cm³/mol. The van der Waals surface area contributed by atoms with Gasteiger partial charge in [-0.3, -0.25) is 0 Å². The van der Waals surface area contributed by atoms with Crippen LogP contribution in [0.1, 0.15) is 169 Å². The van der Waals surface area contributed by atoms with Crippen molar-refractivity contribution in [3.8, 4) is 0 Å². The SMILES string of the molecule is CCCCCCCCCCCCNCCCC(C)C1CC[C@H]2C3[C@H](OCCCN)CC4C[C@H](OCCCN)CC[C@]4(C)[C@H]3C[C@H](OCCCN)[C@]12C. The van der Waals surface area contributed by atoms with Crippen LogP contribution >= 0.6 is 0 Å². The second kappa shape index (κ2) is 23.7. The number of hydrogen-bond acceptors (Lipinski definition) is 7. The summed E-state index contributed by atoms with van der Waals surface area (Å²) in [6, 6.07) is 0. The molecular weight excluding hydrogens is 645 g/mol. The summed E-state index contributed by atoms with van der Waals surface area (Å²) in [5.41, 5.74) is 18.3. The Labute approximate surface area is 322 Å². The first-order chi connectivity index (χ1) is 25.3. The molecule has 0 bridgehead atoms. The molecule has 4 fully saturated rings. The Balaban J connectivity index is 1.36. The summed E-state index contributed by atoms with van der Waals surface area (Å²) < 4.78 is 20.4. The predicted octanol–water partition coefficient (Wildman–Crippen LogP) is 8.99. The Morgan fingerprint density at radius 2 is 1.27 bits per heavy atom. The fourth-order valence-electron chi connectivity index (χ4n) is 12.2. The van der Waals surface area contributed by atoms with E-state index in [0.717, 1.165) is 52.0 Å². The molecule has 4 saturated carbocycles. The second-order valence-corrected chi connectivity index (χ2v) is 18.5. The molecule has 0 saturated heterocycles. The molecule has 0 spiro atoms. The number of fused-ring (bicyclic) bond motifs is 5. The van der Waals surface area contributed by atoms with Gasteiger partial charge < -0.3 is 36.7 Å². The van der Waals surface area contributed by atoms with Gasteiger partial charge in [0.25, 0.3) is 0 Å². The summed E-state index contributed by atoms with van der Waals surface area (Å²) in [7, 11) is 0. The molecule has 4 aliphatic rings. The maximum Gasteiger partial charge on any atom is 0.0637 e. The summed E-state index contributed by atoms with van der Waals surface area (Å²) in [6.45, 7) is 17.0. The van der Waals surface area contributed by atoms with Gasteiger partial charge in [0.2, 0.25) is 0 Å². The third kappa shape index (κ3) is 11.9. The minimum Gasteiger partial charge on any atom is -0.378 e. The van der Waals surface area contributed by atoms with Gasteiger partial charge in [0.15, 0.2) is 0 Å². The lowest BCUT2D eigenvalue weighted by Gasteiger charge is -2.65. The number of nitrogens with two attached hydrogens (primary N) is 3. The highest BCUT2D eigenvalue weighted by molar-refractivity contribution is 5.15. The lowest BCUT2D eigenvalue weighted by atomic mass is 9.43. The van der Waals surface area contributed by atoms with E-state index in [9.17, 15) is 0 Å². The van der Waals surface area contributed by atoms with Crippen molar-refractivity contribution in [1.29, 1.82) is 0 Å². The molecule has 4 unspecified atom stereocenters. The van der Waals surface area contributed by atoms with Crippen molar-refractivity contribution >= 4 is 0 Å². The first-order valence-corrected chi connectivity index (χ1v) is 23.0. The number of nitrogens with one attached hydrogen (secondary N) is 1. The fourth-order valence-corrected chi connectivity index (χ4v) is 12.2. The Morgan fingerprint density at radius 3 is 1.94 bits per heavy atom. The van der Waals surface area contributed by atoms with Crippen LogP contribution in [0.25, 0.3) is 0 Å². The Kier molecular flexibility index (Phi) is 20.3. The zero-order valence-electron chi connectivity index (χ0n) is 34.9. The van der Waals surface area contributed by atoms with E-state index in [1.807, 2.05) is 0 Å². The quantitative estimate of drug-likeness (QED) is 0.0594. The summed E-state index contributed by atoms with van der Waals surface area (Å²) >= 11 is 0. The van der Waals surface area contributed by atoms with E-state index in [0.29, 0.717) is 78.9 Å². The molecule has 7 nitrogen and oxygen atoms in total. The molecule has 0 aromatic heterocycles. The van der Waals surface area contributed by atoms with Crippen LogP contribution in [0.15, 0.2) is 0 Å². The van der Waals surface area contributed by atoms with Crippen LogP contribution in [-0.4, -0.2) is 70.9 Å². The number of unbranched alkanes of at least 4 members (excludes halogenated alkanes) is 9. The first kappa shape index (κ1) is 44.4. The van der Waals surface area contributed by atoms with Crippen LogP contribution in [0.4, 0.5) is 0 Å². The van der Waals surface area contributed by atoms with E-state index in [1.54, 1.807) is 0 Å². The van der Waals surface area contributed by atoms with Gasteiger partial charge in [-0.05, 0) is 157 Å². The van der Waals surface area contributed by atoms with Crippen molar-refractivity contribution < 1.29 is 14.2 Å². The molecule has 0 aromatic rings. The molecular formula is C45H88N4O3. The maximum absolute atomic E-state index is 7.06. The van der Waals surface area contributed by atoms with Crippen LogP contribution in [0.5, 0.6) is 0 Å². The molecule has 7 N–H and O–H groups in total. The zero-order valence-corrected chi connectivity index (χ0v) is 34.9. The largest absolute Gasteiger partial charge is 0.378 e. The molecule has 0 heterocycles. The molecule has 52 heavy (non-hydrogen) atoms. The van der Waals surface area contributed by atoms with Crippen LogP contribution in [0.3, 0.4) is 0 Å². The Morgan fingerprint density at radius 1 is 0.654 bits per heavy atom. The number of ether oxygens (including phenoxy) is 3. The van der Waals surface area contributed by atoms with Gasteiger partial charge in [-0.2, -0.15) is 0 Å². The van der Waals surface area contributed by atoms with E-state index >= 15 is 0 Å². The van der Waals surface area contributed by atoms with Crippen molar-refractivity contribution in [2.75, 3.05) is 52.5 Å². The molecule has 0 aromatic carbocycles. The molecule has 4 rings (SSSR count). The van der Waals surface area contributed by atoms with Crippen molar-refractivity contribution in [2.24, 2.45) is 63.5 Å². The average molecular weight is 733 g/mol. The fraction of sp³-hybridized carbons (Fsp3) is 1.00. The summed E-state index contributed by atoms with van der Waals surface area (Å²) in [6.07, 6.45) is 29.1. The van der Waals surface area contributed by atoms with E-state index in [2.05, 4.69) is 33.0 Å². The standard InChI is InChI=1S/C45H88N4O3/c1-5-6-7-8-9-10-11-12-13-14-27-49-28-15-19-35(2)38-20-21-39-43-40(34-42(45(38,39)4)52-31-18-26-48)44(3)23-22-37(50-29-16-24-46)32-36(44)33-41(43)51-30-17-25-47/h35-43,49H,5-34,46-48H2,1-4H3/t35?,36?,37-,38?,39+,40+,41-,42+,43?,44+,45-/m1/s1. The lowest BCUT2D eigenvalue weighted by molar-refractivity contribution is -0.227. The summed E-state index contributed by atoms with van der Waals surface area (Å²) in [4.78, 5) is 0. The number of hydrogen-bond donors (Lipinski definition) is 4. The van der Waals surface area contributed by atoms with Crippen LogP contribution in [0.2, 0.25) is 0 Å². The van der Waals surface area contributed by atoms with Gasteiger partial charge in [0.1, 0.15) is 0 Å². The lowest BCUT2D eigenvalue weighted by Crippen LogP contribution is -2.63. The highest BCUT2D eigenvalue weighted by Gasteiger charge is 2.66. The minimum atomic E-state index is 0.180. The minimum absolute atomic E-state index is 0.180. The second-order valence-electron chi connectivity index (χ2n) is 18.5. The molecule has 7 heteroatoms. The Hall–Kier alpha value is -0.280. The molecule has 306 valence electrons. The molecule has 4 aliphatic carbocycles. The molecule has 0 aliphatic heterocycles. The van der Waals surface area contributed by atoms with Gasteiger partial charge in [0.05, 0.1) is 18.3 Å². The molecule has 0 amide bonds. The number of rotatable bonds is 28. The van der Waals surface area contributed by atoms with E-state index in [4.69, 9.17) is 31.4 Å². The van der Waals surface area contributed by atoms with Crippen molar-refractivity contribution in [2.45, 2.75) is 187 Å². The average Bonchev–Trinajstić information content (AvgIpc) is 3.50. The zero-order chi connectivity index (χ0) is 37.2. The first-order valence-electron chi connectivity index (χ1n) is 23.0. The van der Waals surface area contributed by atoms with Crippen molar-refractivity contribution in [3.63, 3.8) is 0 Å². The van der Waals surface area contributed by atoms with Crippen LogP contribution < -0.4 is 22.5 Å². The third-order valence-electron chi connectivity index (χ3n) is 15.2. The molecule has 11 atom stereocenters. The normalized spacial score (nSPS) is 34.9. The van der Waals surface area contributed by atoms with Gasteiger partial charge in [-0.15, -0.1) is 0 Å². The third-order valence-corrected chi connectivity index (χ3v) is 15.2. The highest BCUT2D eigenvalue weighted by Crippen LogP contribution is 2.69. The topological polar surface area (TPSA) is 118 Å². The Bertz CT molecular complexity index is 940. The summed E-state index contributed by atoms with van der Waals surface area (Å²) in [5, 5.41) is 3.80. The monoisotopic (exact) mass is 733 g/mol. The van der Waals surface area contributed by atoms with Gasteiger partial charge in [0, 0.05) is 25.2 Å². The van der Waals surface area contributed by atoms with E-state index in [-0.39, 0.29) is 5.41 Å². The van der Waals surface area contributed by atoms with Crippen LogP contribution in [-0.2, 0) is 14.2 Å². The van der Waals surface area contributed by atoms with Gasteiger partial charge in [-0.1, -0.05) is 85.5 Å². The van der Waals surface area contributed by atoms with Crippen LogP contribution in [0, 0.1) is 46.3 Å². The van der Waals surface area contributed by atoms with Gasteiger partial charge in [-0.25, -0.2) is 0 Å². The molecule has 0 radical (unpaired) electrons. The van der Waals surface area contributed by atoms with Gasteiger partial charge >= 0.3 is 0 Å². The maximum atomic E-state index is 7.06. The van der Waals surface area contributed by atoms with Crippen molar-refractivity contribution in [1.82, 2.24) is 5.32 Å². The van der Waals surface area contributed by atoms with E-state index in [1.165, 1.54) is 122 Å².